The maximum atomic E-state index is 11.1. The monoisotopic (exact) mass is 219 g/mol. The van der Waals surface area contributed by atoms with Gasteiger partial charge < -0.3 is 10.1 Å². The van der Waals surface area contributed by atoms with Crippen molar-refractivity contribution in [3.05, 3.63) is 29.3 Å². The minimum atomic E-state index is 0.0395. The number of aldehydes is 1. The Balaban J connectivity index is 2.33. The number of rotatable bonds is 3. The Bertz CT molecular complexity index is 428. The van der Waals surface area contributed by atoms with Crippen molar-refractivity contribution in [1.82, 2.24) is 5.32 Å². The average Bonchev–Trinajstić information content (AvgIpc) is 2.74. The zero-order valence-corrected chi connectivity index (χ0v) is 9.03. The molecule has 0 saturated carbocycles. The molecule has 0 radical (unpaired) electrons. The van der Waals surface area contributed by atoms with Crippen molar-refractivity contribution in [3.63, 3.8) is 0 Å². The van der Waals surface area contributed by atoms with Crippen LogP contribution in [0.3, 0.4) is 0 Å². The molecule has 1 atom stereocenters. The van der Waals surface area contributed by atoms with E-state index >= 15 is 0 Å². The number of amides is 1. The van der Waals surface area contributed by atoms with Gasteiger partial charge in [0.15, 0.2) is 0 Å². The van der Waals surface area contributed by atoms with Crippen LogP contribution in [-0.4, -0.2) is 25.8 Å². The Hall–Kier alpha value is -1.84. The number of carbonyl (C=O) groups excluding carboxylic acids is 2. The molecule has 1 unspecified atom stereocenters. The second-order valence-corrected chi connectivity index (χ2v) is 3.82. The lowest BCUT2D eigenvalue weighted by Crippen LogP contribution is -2.13. The molecule has 0 aromatic heterocycles. The van der Waals surface area contributed by atoms with Crippen LogP contribution in [-0.2, 0) is 4.79 Å². The number of carbonyl (C=O) groups is 2. The van der Waals surface area contributed by atoms with Crippen LogP contribution < -0.4 is 10.1 Å². The van der Waals surface area contributed by atoms with Crippen LogP contribution in [0.4, 0.5) is 0 Å². The van der Waals surface area contributed by atoms with Gasteiger partial charge in [-0.1, -0.05) is 6.07 Å². The molecule has 1 fully saturated rings. The molecular weight excluding hydrogens is 206 g/mol. The summed E-state index contributed by atoms with van der Waals surface area (Å²) in [7, 11) is 1.56. The summed E-state index contributed by atoms with van der Waals surface area (Å²) in [6.45, 7) is 0.603. The summed E-state index contributed by atoms with van der Waals surface area (Å²) in [5.41, 5.74) is 1.51. The van der Waals surface area contributed by atoms with E-state index in [0.717, 1.165) is 11.8 Å². The second kappa shape index (κ2) is 4.35. The van der Waals surface area contributed by atoms with E-state index in [1.165, 1.54) is 0 Å². The number of benzene rings is 1. The first-order valence-electron chi connectivity index (χ1n) is 5.14. The molecule has 4 heteroatoms. The quantitative estimate of drug-likeness (QED) is 0.775. The summed E-state index contributed by atoms with van der Waals surface area (Å²) in [6.07, 6.45) is 1.26. The fourth-order valence-corrected chi connectivity index (χ4v) is 1.98. The van der Waals surface area contributed by atoms with Gasteiger partial charge in [0, 0.05) is 24.4 Å². The maximum absolute atomic E-state index is 11.1. The lowest BCUT2D eigenvalue weighted by molar-refractivity contribution is -0.119. The van der Waals surface area contributed by atoms with Crippen LogP contribution in [0.25, 0.3) is 0 Å². The minimum Gasteiger partial charge on any atom is -0.497 e. The molecule has 1 N–H and O–H groups in total. The lowest BCUT2D eigenvalue weighted by atomic mass is 9.94. The zero-order chi connectivity index (χ0) is 11.5. The van der Waals surface area contributed by atoms with Gasteiger partial charge >= 0.3 is 0 Å². The molecule has 1 aromatic carbocycles. The van der Waals surface area contributed by atoms with Crippen LogP contribution in [0.15, 0.2) is 18.2 Å². The third-order valence-electron chi connectivity index (χ3n) is 2.84. The van der Waals surface area contributed by atoms with Gasteiger partial charge in [0.25, 0.3) is 0 Å². The molecule has 1 aliphatic rings. The van der Waals surface area contributed by atoms with Crippen molar-refractivity contribution in [2.45, 2.75) is 12.3 Å². The van der Waals surface area contributed by atoms with Gasteiger partial charge in [0.1, 0.15) is 12.0 Å². The first-order valence-corrected chi connectivity index (χ1v) is 5.14. The highest BCUT2D eigenvalue weighted by Gasteiger charge is 2.24. The summed E-state index contributed by atoms with van der Waals surface area (Å²) < 4.78 is 5.05. The molecule has 2 rings (SSSR count). The first-order chi connectivity index (χ1) is 7.74. The van der Waals surface area contributed by atoms with E-state index in [9.17, 15) is 9.59 Å². The zero-order valence-electron chi connectivity index (χ0n) is 9.03. The van der Waals surface area contributed by atoms with Crippen LogP contribution in [0.5, 0.6) is 5.75 Å². The van der Waals surface area contributed by atoms with Gasteiger partial charge in [0.2, 0.25) is 5.91 Å². The molecule has 1 saturated heterocycles. The Kier molecular flexibility index (Phi) is 2.90. The molecule has 84 valence electrons. The van der Waals surface area contributed by atoms with Gasteiger partial charge in [-0.05, 0) is 17.7 Å². The van der Waals surface area contributed by atoms with Crippen molar-refractivity contribution < 1.29 is 14.3 Å². The van der Waals surface area contributed by atoms with E-state index in [-0.39, 0.29) is 11.8 Å². The predicted octanol–water partition coefficient (Wildman–Crippen LogP) is 1.11. The molecule has 1 heterocycles. The standard InChI is InChI=1S/C12H13NO3/c1-16-10-2-3-11(9(4-10)7-14)8-5-12(15)13-6-8/h2-4,7-8H,5-6H2,1H3,(H,13,15). The van der Waals surface area contributed by atoms with E-state index in [4.69, 9.17) is 4.74 Å². The number of hydrogen-bond donors (Lipinski definition) is 1. The highest BCUT2D eigenvalue weighted by atomic mass is 16.5. The van der Waals surface area contributed by atoms with Crippen molar-refractivity contribution in [3.8, 4) is 5.75 Å². The Morgan fingerprint density at radius 3 is 2.88 bits per heavy atom. The smallest absolute Gasteiger partial charge is 0.220 e. The van der Waals surface area contributed by atoms with E-state index in [1.54, 1.807) is 13.2 Å². The predicted molar refractivity (Wildman–Crippen MR) is 58.7 cm³/mol. The van der Waals surface area contributed by atoms with Crippen molar-refractivity contribution in [2.75, 3.05) is 13.7 Å². The Morgan fingerprint density at radius 1 is 1.50 bits per heavy atom. The van der Waals surface area contributed by atoms with E-state index in [2.05, 4.69) is 5.32 Å². The van der Waals surface area contributed by atoms with Gasteiger partial charge in [-0.3, -0.25) is 9.59 Å². The molecule has 0 spiro atoms. The fourth-order valence-electron chi connectivity index (χ4n) is 1.98. The van der Waals surface area contributed by atoms with Crippen LogP contribution in [0.2, 0.25) is 0 Å². The van der Waals surface area contributed by atoms with E-state index in [1.807, 2.05) is 12.1 Å². The largest absolute Gasteiger partial charge is 0.497 e. The first kappa shape index (κ1) is 10.7. The number of ether oxygens (including phenoxy) is 1. The second-order valence-electron chi connectivity index (χ2n) is 3.82. The molecule has 1 aromatic rings. The number of hydrogen-bond acceptors (Lipinski definition) is 3. The van der Waals surface area contributed by atoms with Gasteiger partial charge in [-0.15, -0.1) is 0 Å². The van der Waals surface area contributed by atoms with Crippen LogP contribution in [0, 0.1) is 0 Å². The summed E-state index contributed by atoms with van der Waals surface area (Å²) in [4.78, 5) is 22.1. The van der Waals surface area contributed by atoms with Crippen molar-refractivity contribution in [1.29, 1.82) is 0 Å². The van der Waals surface area contributed by atoms with Crippen LogP contribution >= 0.6 is 0 Å². The topological polar surface area (TPSA) is 55.4 Å². The van der Waals surface area contributed by atoms with Crippen molar-refractivity contribution >= 4 is 12.2 Å². The molecule has 0 aliphatic carbocycles. The lowest BCUT2D eigenvalue weighted by Gasteiger charge is -2.11. The highest BCUT2D eigenvalue weighted by molar-refractivity contribution is 5.82. The summed E-state index contributed by atoms with van der Waals surface area (Å²) >= 11 is 0. The van der Waals surface area contributed by atoms with Crippen LogP contribution in [0.1, 0.15) is 28.3 Å². The summed E-state index contributed by atoms with van der Waals surface area (Å²) in [6, 6.07) is 5.36. The number of methoxy groups -OCH3 is 1. The number of nitrogens with one attached hydrogen (secondary N) is 1. The minimum absolute atomic E-state index is 0.0395. The highest BCUT2D eigenvalue weighted by Crippen LogP contribution is 2.27. The fraction of sp³-hybridized carbons (Fsp3) is 0.333. The average molecular weight is 219 g/mol. The van der Waals surface area contributed by atoms with E-state index in [0.29, 0.717) is 24.3 Å². The molecule has 1 amide bonds. The SMILES string of the molecule is COc1ccc(C2CNC(=O)C2)c(C=O)c1. The third-order valence-corrected chi connectivity index (χ3v) is 2.84. The summed E-state index contributed by atoms with van der Waals surface area (Å²) in [5, 5.41) is 2.76. The summed E-state index contributed by atoms with van der Waals surface area (Å²) in [5.74, 6) is 0.791. The van der Waals surface area contributed by atoms with Gasteiger partial charge in [0.05, 0.1) is 7.11 Å². The molecule has 4 nitrogen and oxygen atoms in total. The molecular formula is C12H13NO3. The van der Waals surface area contributed by atoms with Gasteiger partial charge in [-0.25, -0.2) is 0 Å². The van der Waals surface area contributed by atoms with Gasteiger partial charge in [-0.2, -0.15) is 0 Å². The van der Waals surface area contributed by atoms with Crippen molar-refractivity contribution in [2.24, 2.45) is 0 Å². The third kappa shape index (κ3) is 1.91. The maximum Gasteiger partial charge on any atom is 0.220 e. The molecule has 0 bridgehead atoms. The normalized spacial score (nSPS) is 19.3. The van der Waals surface area contributed by atoms with E-state index < -0.39 is 0 Å². The molecule has 16 heavy (non-hydrogen) atoms. The Morgan fingerprint density at radius 2 is 2.31 bits per heavy atom. The molecule has 1 aliphatic heterocycles. The Labute approximate surface area is 93.6 Å².